The Labute approximate surface area is 187 Å². The Bertz CT molecular complexity index is 807. The van der Waals surface area contributed by atoms with Crippen molar-refractivity contribution in [2.45, 2.75) is 75.7 Å². The van der Waals surface area contributed by atoms with E-state index in [-0.39, 0.29) is 23.7 Å². The summed E-state index contributed by atoms with van der Waals surface area (Å²) in [5, 5.41) is 0. The molecule has 1 amide bonds. The molecule has 31 heavy (non-hydrogen) atoms. The topological polar surface area (TPSA) is 66.9 Å². The second-order valence-electron chi connectivity index (χ2n) is 9.34. The van der Waals surface area contributed by atoms with E-state index in [1.165, 1.54) is 32.1 Å². The van der Waals surface area contributed by atoms with Gasteiger partial charge in [0, 0.05) is 32.1 Å². The standard InChI is InChI=1S/C24H36N2O4S/c27-24(25-15-13-23(14-16-25)30-22-9-5-2-6-10-22)21-11-17-26(18-12-21)31(28,29)19-20-7-3-1-4-8-20/h1,3-4,7-8,21-23H,2,5-6,9-19H2. The minimum atomic E-state index is -3.34. The molecule has 2 aliphatic heterocycles. The largest absolute Gasteiger partial charge is 0.375 e. The third kappa shape index (κ3) is 6.08. The third-order valence-electron chi connectivity index (χ3n) is 7.08. The van der Waals surface area contributed by atoms with Gasteiger partial charge in [-0.2, -0.15) is 0 Å². The molecule has 6 nitrogen and oxygen atoms in total. The number of carbonyl (C=O) groups is 1. The highest BCUT2D eigenvalue weighted by molar-refractivity contribution is 7.88. The summed E-state index contributed by atoms with van der Waals surface area (Å²) in [5.41, 5.74) is 0.805. The summed E-state index contributed by atoms with van der Waals surface area (Å²) in [7, 11) is -3.34. The van der Waals surface area contributed by atoms with Gasteiger partial charge in [-0.05, 0) is 44.1 Å². The van der Waals surface area contributed by atoms with Crippen molar-refractivity contribution in [1.29, 1.82) is 0 Å². The number of benzene rings is 1. The highest BCUT2D eigenvalue weighted by atomic mass is 32.2. The van der Waals surface area contributed by atoms with Crippen LogP contribution >= 0.6 is 0 Å². The van der Waals surface area contributed by atoms with Crippen molar-refractivity contribution in [3.05, 3.63) is 35.9 Å². The number of hydrogen-bond donors (Lipinski definition) is 0. The summed E-state index contributed by atoms with van der Waals surface area (Å²) in [6.07, 6.45) is 10.1. The molecule has 0 atom stereocenters. The Kier molecular flexibility index (Phi) is 7.67. The Morgan fingerprint density at radius 3 is 2.10 bits per heavy atom. The Morgan fingerprint density at radius 2 is 1.45 bits per heavy atom. The first-order chi connectivity index (χ1) is 15.0. The number of rotatable bonds is 6. The van der Waals surface area contributed by atoms with Crippen LogP contribution in [-0.4, -0.2) is 61.9 Å². The number of amides is 1. The van der Waals surface area contributed by atoms with Gasteiger partial charge < -0.3 is 9.64 Å². The van der Waals surface area contributed by atoms with Crippen LogP contribution < -0.4 is 0 Å². The summed E-state index contributed by atoms with van der Waals surface area (Å²) in [4.78, 5) is 15.0. The maximum absolute atomic E-state index is 13.0. The van der Waals surface area contributed by atoms with Crippen molar-refractivity contribution in [1.82, 2.24) is 9.21 Å². The molecule has 0 spiro atoms. The predicted molar refractivity (Wildman–Crippen MR) is 121 cm³/mol. The van der Waals surface area contributed by atoms with Gasteiger partial charge in [-0.25, -0.2) is 12.7 Å². The van der Waals surface area contributed by atoms with E-state index in [1.807, 2.05) is 35.2 Å². The maximum Gasteiger partial charge on any atom is 0.225 e. The van der Waals surface area contributed by atoms with Crippen LogP contribution in [-0.2, 0) is 25.3 Å². The second kappa shape index (κ2) is 10.5. The van der Waals surface area contributed by atoms with Crippen LogP contribution in [0.15, 0.2) is 30.3 Å². The first-order valence-electron chi connectivity index (χ1n) is 12.0. The van der Waals surface area contributed by atoms with Crippen LogP contribution in [0, 0.1) is 5.92 Å². The molecule has 3 aliphatic rings. The Morgan fingerprint density at radius 1 is 0.839 bits per heavy atom. The van der Waals surface area contributed by atoms with Crippen LogP contribution in [0.5, 0.6) is 0 Å². The fraction of sp³-hybridized carbons (Fsp3) is 0.708. The quantitative estimate of drug-likeness (QED) is 0.667. The van der Waals surface area contributed by atoms with Crippen molar-refractivity contribution >= 4 is 15.9 Å². The lowest BCUT2D eigenvalue weighted by molar-refractivity contribution is -0.140. The summed E-state index contributed by atoms with van der Waals surface area (Å²) in [6, 6.07) is 9.29. The Hall–Kier alpha value is -1.44. The van der Waals surface area contributed by atoms with Crippen molar-refractivity contribution < 1.29 is 17.9 Å². The van der Waals surface area contributed by atoms with Crippen LogP contribution in [0.3, 0.4) is 0 Å². The first-order valence-corrected chi connectivity index (χ1v) is 13.6. The number of likely N-dealkylation sites (tertiary alicyclic amines) is 1. The van der Waals surface area contributed by atoms with Crippen LogP contribution in [0.25, 0.3) is 0 Å². The molecule has 0 unspecified atom stereocenters. The van der Waals surface area contributed by atoms with Crippen LogP contribution in [0.1, 0.15) is 63.4 Å². The van der Waals surface area contributed by atoms with E-state index >= 15 is 0 Å². The van der Waals surface area contributed by atoms with Gasteiger partial charge >= 0.3 is 0 Å². The number of ether oxygens (including phenoxy) is 1. The van der Waals surface area contributed by atoms with E-state index in [9.17, 15) is 13.2 Å². The van der Waals surface area contributed by atoms with Gasteiger partial charge in [-0.15, -0.1) is 0 Å². The molecule has 0 bridgehead atoms. The molecule has 1 saturated carbocycles. The molecule has 1 aromatic carbocycles. The normalized spacial score (nSPS) is 23.2. The SMILES string of the molecule is O=C(C1CCN(S(=O)(=O)Cc2ccccc2)CC1)N1CCC(OC2CCCCC2)CC1. The molecule has 0 aromatic heterocycles. The highest BCUT2D eigenvalue weighted by Gasteiger charge is 2.34. The highest BCUT2D eigenvalue weighted by Crippen LogP contribution is 2.27. The third-order valence-corrected chi connectivity index (χ3v) is 8.93. The van der Waals surface area contributed by atoms with Gasteiger partial charge in [0.05, 0.1) is 18.0 Å². The first kappa shape index (κ1) is 22.7. The molecule has 172 valence electrons. The lowest BCUT2D eigenvalue weighted by Crippen LogP contribution is -2.47. The molecule has 2 saturated heterocycles. The van der Waals surface area contributed by atoms with Crippen LogP contribution in [0.4, 0.5) is 0 Å². The van der Waals surface area contributed by atoms with Crippen molar-refractivity contribution in [3.8, 4) is 0 Å². The minimum absolute atomic E-state index is 0.0287. The zero-order chi connectivity index (χ0) is 21.7. The number of carbonyl (C=O) groups excluding carboxylic acids is 1. The number of hydrogen-bond acceptors (Lipinski definition) is 4. The van der Waals surface area contributed by atoms with Gasteiger partial charge in [-0.1, -0.05) is 49.6 Å². The van der Waals surface area contributed by atoms with Gasteiger partial charge in [0.1, 0.15) is 0 Å². The number of nitrogens with zero attached hydrogens (tertiary/aromatic N) is 2. The van der Waals surface area contributed by atoms with Crippen molar-refractivity contribution in [2.24, 2.45) is 5.92 Å². The summed E-state index contributed by atoms with van der Waals surface area (Å²) < 4.78 is 33.4. The second-order valence-corrected chi connectivity index (χ2v) is 11.3. The van der Waals surface area contributed by atoms with Gasteiger partial charge in [0.25, 0.3) is 0 Å². The average molecular weight is 449 g/mol. The van der Waals surface area contributed by atoms with E-state index in [1.54, 1.807) is 4.31 Å². The molecular formula is C24H36N2O4S. The molecule has 3 fully saturated rings. The van der Waals surface area contributed by atoms with E-state index < -0.39 is 10.0 Å². The zero-order valence-electron chi connectivity index (χ0n) is 18.5. The monoisotopic (exact) mass is 448 g/mol. The van der Waals surface area contributed by atoms with Crippen LogP contribution in [0.2, 0.25) is 0 Å². The smallest absolute Gasteiger partial charge is 0.225 e. The minimum Gasteiger partial charge on any atom is -0.375 e. The van der Waals surface area contributed by atoms with Crippen molar-refractivity contribution in [3.63, 3.8) is 0 Å². The van der Waals surface area contributed by atoms with Crippen molar-refractivity contribution in [2.75, 3.05) is 26.2 Å². The summed E-state index contributed by atoms with van der Waals surface area (Å²) in [5.74, 6) is 0.177. The summed E-state index contributed by atoms with van der Waals surface area (Å²) in [6.45, 7) is 2.41. The molecular weight excluding hydrogens is 412 g/mol. The lowest BCUT2D eigenvalue weighted by atomic mass is 9.94. The molecule has 0 radical (unpaired) electrons. The van der Waals surface area contributed by atoms with Gasteiger partial charge in [-0.3, -0.25) is 4.79 Å². The van der Waals surface area contributed by atoms with E-state index in [0.717, 1.165) is 31.5 Å². The van der Waals surface area contributed by atoms with Gasteiger partial charge in [0.15, 0.2) is 0 Å². The maximum atomic E-state index is 13.0. The predicted octanol–water partition coefficient (Wildman–Crippen LogP) is 3.57. The molecule has 1 aromatic rings. The van der Waals surface area contributed by atoms with E-state index in [0.29, 0.717) is 32.0 Å². The fourth-order valence-corrected chi connectivity index (χ4v) is 6.76. The van der Waals surface area contributed by atoms with E-state index in [2.05, 4.69) is 0 Å². The average Bonchev–Trinajstić information content (AvgIpc) is 2.80. The molecule has 0 N–H and O–H groups in total. The van der Waals surface area contributed by atoms with E-state index in [4.69, 9.17) is 4.74 Å². The summed E-state index contributed by atoms with van der Waals surface area (Å²) >= 11 is 0. The number of sulfonamides is 1. The molecule has 4 rings (SSSR count). The molecule has 2 heterocycles. The molecule has 7 heteroatoms. The van der Waals surface area contributed by atoms with Gasteiger partial charge in [0.2, 0.25) is 15.9 Å². The fourth-order valence-electron chi connectivity index (χ4n) is 5.20. The Balaban J connectivity index is 1.21. The molecule has 1 aliphatic carbocycles. The number of piperidine rings is 2. The lowest BCUT2D eigenvalue weighted by Gasteiger charge is -2.38. The zero-order valence-corrected chi connectivity index (χ0v) is 19.3.